The van der Waals surface area contributed by atoms with Crippen molar-refractivity contribution in [2.24, 2.45) is 0 Å². The Kier molecular flexibility index (Phi) is 6.89. The van der Waals surface area contributed by atoms with Crippen molar-refractivity contribution in [3.63, 3.8) is 0 Å². The third kappa shape index (κ3) is 5.50. The molecule has 2 N–H and O–H groups in total. The van der Waals surface area contributed by atoms with Crippen molar-refractivity contribution in [2.75, 3.05) is 24.0 Å². The predicted octanol–water partition coefficient (Wildman–Crippen LogP) is 4.82. The summed E-state index contributed by atoms with van der Waals surface area (Å²) < 4.78 is 25.5. The first kappa shape index (κ1) is 26.1. The highest BCUT2D eigenvalue weighted by Crippen LogP contribution is 2.35. The molecule has 4 aromatic rings. The summed E-state index contributed by atoms with van der Waals surface area (Å²) in [4.78, 5) is 52.0. The van der Waals surface area contributed by atoms with Crippen LogP contribution < -0.4 is 20.1 Å². The molecular weight excluding hydrogens is 551 g/mol. The number of aromatic nitrogens is 1. The molecule has 10 nitrogen and oxygen atoms in total. The number of imide groups is 1. The van der Waals surface area contributed by atoms with Gasteiger partial charge in [-0.2, -0.15) is 0 Å². The third-order valence-corrected chi connectivity index (χ3v) is 7.29. The second-order valence-corrected chi connectivity index (χ2v) is 10.2. The van der Waals surface area contributed by atoms with E-state index in [4.69, 9.17) is 9.47 Å². The molecule has 2 aliphatic rings. The molecule has 3 heterocycles. The van der Waals surface area contributed by atoms with Crippen LogP contribution in [0, 0.1) is 5.82 Å². The van der Waals surface area contributed by atoms with Crippen molar-refractivity contribution < 1.29 is 33.0 Å². The van der Waals surface area contributed by atoms with E-state index in [0.717, 1.165) is 27.6 Å². The quantitative estimate of drug-likeness (QED) is 0.305. The first-order chi connectivity index (χ1) is 19.8. The Hall–Kier alpha value is -5.10. The van der Waals surface area contributed by atoms with Crippen molar-refractivity contribution in [1.29, 1.82) is 0 Å². The molecule has 0 atom stereocenters. The van der Waals surface area contributed by atoms with Crippen molar-refractivity contribution in [3.8, 4) is 11.5 Å². The molecule has 0 radical (unpaired) electrons. The number of nitrogens with zero attached hydrogens (tertiary/aromatic N) is 2. The van der Waals surface area contributed by atoms with Crippen LogP contribution in [-0.4, -0.2) is 45.8 Å². The second kappa shape index (κ2) is 10.8. The summed E-state index contributed by atoms with van der Waals surface area (Å²) in [6.07, 6.45) is 3.32. The van der Waals surface area contributed by atoms with Crippen molar-refractivity contribution in [2.45, 2.75) is 6.54 Å². The smallest absolute Gasteiger partial charge is 0.294 e. The van der Waals surface area contributed by atoms with Gasteiger partial charge in [-0.3, -0.25) is 24.1 Å². The molecule has 3 aromatic carbocycles. The maximum atomic E-state index is 13.1. The van der Waals surface area contributed by atoms with Crippen LogP contribution in [0.25, 0.3) is 17.0 Å². The number of benzene rings is 3. The van der Waals surface area contributed by atoms with E-state index < -0.39 is 29.4 Å². The van der Waals surface area contributed by atoms with Gasteiger partial charge >= 0.3 is 0 Å². The molecule has 2 aliphatic heterocycles. The van der Waals surface area contributed by atoms with Gasteiger partial charge in [0.2, 0.25) is 18.6 Å². The van der Waals surface area contributed by atoms with Crippen LogP contribution in [0.1, 0.15) is 5.56 Å². The predicted molar refractivity (Wildman–Crippen MR) is 151 cm³/mol. The summed E-state index contributed by atoms with van der Waals surface area (Å²) in [5.74, 6) is -0.758. The normalized spacial score (nSPS) is 15.1. The molecule has 6 rings (SSSR count). The number of fused-ring (bicyclic) bond motifs is 2. The highest BCUT2D eigenvalue weighted by molar-refractivity contribution is 8.18. The largest absolute Gasteiger partial charge is 0.454 e. The van der Waals surface area contributed by atoms with E-state index in [1.807, 2.05) is 24.3 Å². The molecule has 41 heavy (non-hydrogen) atoms. The Balaban J connectivity index is 1.17. The number of hydrogen-bond acceptors (Lipinski definition) is 7. The van der Waals surface area contributed by atoms with E-state index in [2.05, 4.69) is 10.6 Å². The zero-order valence-corrected chi connectivity index (χ0v) is 22.1. The van der Waals surface area contributed by atoms with Crippen LogP contribution in [0.5, 0.6) is 11.5 Å². The van der Waals surface area contributed by atoms with Gasteiger partial charge in [0.05, 0.1) is 4.91 Å². The summed E-state index contributed by atoms with van der Waals surface area (Å²) in [5.41, 5.74) is 2.30. The van der Waals surface area contributed by atoms with Gasteiger partial charge in [0.25, 0.3) is 11.1 Å². The van der Waals surface area contributed by atoms with Crippen molar-refractivity contribution >= 4 is 63.1 Å². The number of rotatable bonds is 7. The van der Waals surface area contributed by atoms with Crippen LogP contribution in [0.3, 0.4) is 0 Å². The number of para-hydroxylation sites is 1. The molecule has 4 amide bonds. The number of ether oxygens (including phenoxy) is 2. The Morgan fingerprint density at radius 3 is 2.44 bits per heavy atom. The number of anilines is 2. The van der Waals surface area contributed by atoms with Gasteiger partial charge in [-0.25, -0.2) is 4.39 Å². The number of carbonyl (C=O) groups excluding carboxylic acids is 4. The van der Waals surface area contributed by atoms with Crippen molar-refractivity contribution in [1.82, 2.24) is 9.47 Å². The molecule has 0 bridgehead atoms. The average Bonchev–Trinajstić information content (AvgIpc) is 3.63. The summed E-state index contributed by atoms with van der Waals surface area (Å²) in [6, 6.07) is 17.7. The van der Waals surface area contributed by atoms with E-state index in [1.54, 1.807) is 35.0 Å². The molecule has 0 spiro atoms. The van der Waals surface area contributed by atoms with Crippen molar-refractivity contribution in [3.05, 3.63) is 89.2 Å². The molecule has 1 aromatic heterocycles. The maximum absolute atomic E-state index is 13.1. The van der Waals surface area contributed by atoms with Gasteiger partial charge in [-0.15, -0.1) is 0 Å². The average molecular weight is 573 g/mol. The fourth-order valence-electron chi connectivity index (χ4n) is 4.51. The van der Waals surface area contributed by atoms with E-state index in [1.165, 1.54) is 24.3 Å². The molecule has 1 fully saturated rings. The number of carbonyl (C=O) groups is 4. The van der Waals surface area contributed by atoms with Crippen LogP contribution >= 0.6 is 11.8 Å². The summed E-state index contributed by atoms with van der Waals surface area (Å²) in [6.45, 7) is -0.358. The zero-order valence-electron chi connectivity index (χ0n) is 21.3. The minimum absolute atomic E-state index is 0.00612. The molecule has 0 saturated carbocycles. The minimum Gasteiger partial charge on any atom is -0.454 e. The number of halogens is 1. The highest BCUT2D eigenvalue weighted by atomic mass is 32.2. The standard InChI is InChI=1S/C29H21FN4O6S/c30-18-5-7-19(8-6-18)31-27(36)15-34-28(37)25(41-29(34)38)11-17-13-33(22-4-2-1-3-21(17)22)14-26(35)32-20-9-10-23-24(12-20)40-16-39-23/h1-13H,14-16H2,(H,31,36)(H,32,35)/b25-11+. The molecule has 1 saturated heterocycles. The van der Waals surface area contributed by atoms with Gasteiger partial charge in [0.1, 0.15) is 18.9 Å². The Labute approximate surface area is 236 Å². The zero-order chi connectivity index (χ0) is 28.5. The molecular formula is C29H21FN4O6S. The lowest BCUT2D eigenvalue weighted by molar-refractivity contribution is -0.127. The topological polar surface area (TPSA) is 119 Å². The lowest BCUT2D eigenvalue weighted by Gasteiger charge is -2.12. The summed E-state index contributed by atoms with van der Waals surface area (Å²) in [7, 11) is 0. The summed E-state index contributed by atoms with van der Waals surface area (Å²) in [5, 5.41) is 5.59. The number of amides is 4. The lowest BCUT2D eigenvalue weighted by Crippen LogP contribution is -2.36. The van der Waals surface area contributed by atoms with E-state index in [9.17, 15) is 23.6 Å². The minimum atomic E-state index is -0.605. The Morgan fingerprint density at radius 2 is 1.61 bits per heavy atom. The SMILES string of the molecule is O=C(CN1C(=O)S/C(=C/c2cn(CC(=O)Nc3ccc4c(c3)OCO4)c3ccccc23)C1=O)Nc1ccc(F)cc1. The van der Waals surface area contributed by atoms with Gasteiger partial charge in [-0.1, -0.05) is 18.2 Å². The Morgan fingerprint density at radius 1 is 0.902 bits per heavy atom. The number of thioether (sulfide) groups is 1. The molecule has 12 heteroatoms. The molecule has 0 unspecified atom stereocenters. The first-order valence-corrected chi connectivity index (χ1v) is 13.2. The maximum Gasteiger partial charge on any atom is 0.294 e. The highest BCUT2D eigenvalue weighted by Gasteiger charge is 2.36. The van der Waals surface area contributed by atoms with E-state index in [0.29, 0.717) is 28.4 Å². The fraction of sp³-hybridized carbons (Fsp3) is 0.103. The Bertz CT molecular complexity index is 1750. The fourth-order valence-corrected chi connectivity index (χ4v) is 5.33. The van der Waals surface area contributed by atoms with Crippen LogP contribution in [0.2, 0.25) is 0 Å². The van der Waals surface area contributed by atoms with Crippen LogP contribution in [0.4, 0.5) is 20.6 Å². The lowest BCUT2D eigenvalue weighted by atomic mass is 10.1. The summed E-state index contributed by atoms with van der Waals surface area (Å²) >= 11 is 0.728. The van der Waals surface area contributed by atoms with Crippen LogP contribution in [-0.2, 0) is 20.9 Å². The van der Waals surface area contributed by atoms with Crippen LogP contribution in [0.15, 0.2) is 77.8 Å². The van der Waals surface area contributed by atoms with Gasteiger partial charge in [-0.05, 0) is 60.3 Å². The number of hydrogen-bond donors (Lipinski definition) is 2. The van der Waals surface area contributed by atoms with Gasteiger partial charge in [0.15, 0.2) is 11.5 Å². The van der Waals surface area contributed by atoms with Gasteiger partial charge < -0.3 is 24.7 Å². The first-order valence-electron chi connectivity index (χ1n) is 12.4. The number of nitrogens with one attached hydrogen (secondary N) is 2. The van der Waals surface area contributed by atoms with E-state index >= 15 is 0 Å². The second-order valence-electron chi connectivity index (χ2n) is 9.17. The van der Waals surface area contributed by atoms with E-state index in [-0.39, 0.29) is 24.2 Å². The molecule has 206 valence electrons. The monoisotopic (exact) mass is 572 g/mol. The molecule has 0 aliphatic carbocycles. The third-order valence-electron chi connectivity index (χ3n) is 6.38. The van der Waals surface area contributed by atoms with Gasteiger partial charge in [0, 0.05) is 40.1 Å².